The van der Waals surface area contributed by atoms with Gasteiger partial charge in [-0.25, -0.2) is 0 Å². The number of nitro groups is 1. The molecular formula is C19H22N2O5. The summed E-state index contributed by atoms with van der Waals surface area (Å²) in [6.07, 6.45) is 1.62. The molecule has 0 unspecified atom stereocenters. The van der Waals surface area contributed by atoms with Crippen LogP contribution in [-0.2, 0) is 17.6 Å². The first-order valence-corrected chi connectivity index (χ1v) is 8.35. The van der Waals surface area contributed by atoms with E-state index in [1.807, 2.05) is 32.0 Å². The van der Waals surface area contributed by atoms with E-state index < -0.39 is 4.92 Å². The van der Waals surface area contributed by atoms with Gasteiger partial charge in [0.15, 0.2) is 6.61 Å². The molecule has 0 heterocycles. The minimum Gasteiger partial charge on any atom is -0.490 e. The summed E-state index contributed by atoms with van der Waals surface area (Å²) in [7, 11) is 1.34. The van der Waals surface area contributed by atoms with Crippen molar-refractivity contribution < 1.29 is 19.2 Å². The quantitative estimate of drug-likeness (QED) is 0.573. The second-order valence-electron chi connectivity index (χ2n) is 5.59. The number of nitro benzene ring substituents is 1. The molecule has 0 bridgehead atoms. The number of ether oxygens (including phenoxy) is 2. The van der Waals surface area contributed by atoms with Crippen LogP contribution in [0.3, 0.4) is 0 Å². The summed E-state index contributed by atoms with van der Waals surface area (Å²) in [4.78, 5) is 22.6. The molecule has 0 aliphatic rings. The van der Waals surface area contributed by atoms with Crippen molar-refractivity contribution in [3.8, 4) is 11.5 Å². The maximum Gasteiger partial charge on any atom is 0.311 e. The van der Waals surface area contributed by atoms with Crippen molar-refractivity contribution in [2.45, 2.75) is 26.7 Å². The van der Waals surface area contributed by atoms with Crippen molar-refractivity contribution in [1.29, 1.82) is 0 Å². The zero-order valence-electron chi connectivity index (χ0n) is 15.1. The van der Waals surface area contributed by atoms with E-state index in [2.05, 4.69) is 5.32 Å². The molecule has 0 atom stereocenters. The van der Waals surface area contributed by atoms with E-state index in [0.29, 0.717) is 5.75 Å². The highest BCUT2D eigenvalue weighted by atomic mass is 16.6. The van der Waals surface area contributed by atoms with Gasteiger partial charge in [-0.2, -0.15) is 0 Å². The van der Waals surface area contributed by atoms with Crippen LogP contribution < -0.4 is 14.8 Å². The van der Waals surface area contributed by atoms with E-state index in [1.54, 1.807) is 0 Å². The number of aryl methyl sites for hydroxylation is 2. The van der Waals surface area contributed by atoms with Crippen LogP contribution in [0.5, 0.6) is 11.5 Å². The predicted molar refractivity (Wildman–Crippen MR) is 99.0 cm³/mol. The van der Waals surface area contributed by atoms with Crippen molar-refractivity contribution in [3.05, 3.63) is 57.6 Å². The average molecular weight is 358 g/mol. The van der Waals surface area contributed by atoms with E-state index in [1.165, 1.54) is 25.3 Å². The molecule has 7 heteroatoms. The van der Waals surface area contributed by atoms with Gasteiger partial charge >= 0.3 is 5.69 Å². The van der Waals surface area contributed by atoms with Crippen molar-refractivity contribution in [1.82, 2.24) is 0 Å². The lowest BCUT2D eigenvalue weighted by Crippen LogP contribution is -2.21. The van der Waals surface area contributed by atoms with Crippen molar-refractivity contribution in [3.63, 3.8) is 0 Å². The van der Waals surface area contributed by atoms with Gasteiger partial charge in [-0.05, 0) is 30.0 Å². The number of hydrogen-bond acceptors (Lipinski definition) is 5. The monoisotopic (exact) mass is 358 g/mol. The Kier molecular flexibility index (Phi) is 6.54. The Morgan fingerprint density at radius 1 is 1.15 bits per heavy atom. The van der Waals surface area contributed by atoms with E-state index in [-0.39, 0.29) is 24.0 Å². The van der Waals surface area contributed by atoms with Crippen LogP contribution in [0.2, 0.25) is 0 Å². The molecule has 2 aromatic rings. The first-order chi connectivity index (χ1) is 12.5. The Labute approximate surface area is 152 Å². The smallest absolute Gasteiger partial charge is 0.311 e. The van der Waals surface area contributed by atoms with Crippen molar-refractivity contribution in [2.24, 2.45) is 0 Å². The van der Waals surface area contributed by atoms with Crippen LogP contribution in [0.1, 0.15) is 25.0 Å². The van der Waals surface area contributed by atoms with Crippen LogP contribution in [-0.4, -0.2) is 24.5 Å². The molecule has 0 saturated heterocycles. The Balaban J connectivity index is 2.07. The molecule has 0 fully saturated rings. The zero-order chi connectivity index (χ0) is 19.1. The molecule has 0 aliphatic heterocycles. The maximum atomic E-state index is 12.3. The van der Waals surface area contributed by atoms with Gasteiger partial charge in [0.05, 0.1) is 12.0 Å². The normalized spacial score (nSPS) is 10.3. The number of amides is 1. The van der Waals surface area contributed by atoms with Crippen LogP contribution in [0.15, 0.2) is 36.4 Å². The number of methoxy groups -OCH3 is 1. The van der Waals surface area contributed by atoms with E-state index in [9.17, 15) is 14.9 Å². The third kappa shape index (κ3) is 4.50. The Bertz CT molecular complexity index is 782. The van der Waals surface area contributed by atoms with Gasteiger partial charge in [0.2, 0.25) is 5.75 Å². The molecule has 0 aliphatic carbocycles. The van der Waals surface area contributed by atoms with Gasteiger partial charge in [-0.3, -0.25) is 14.9 Å². The number of hydrogen-bond donors (Lipinski definition) is 1. The highest BCUT2D eigenvalue weighted by Crippen LogP contribution is 2.30. The molecule has 2 aromatic carbocycles. The van der Waals surface area contributed by atoms with Crippen LogP contribution in [0.25, 0.3) is 0 Å². The number of anilines is 1. The Hall–Kier alpha value is -3.09. The van der Waals surface area contributed by atoms with Gasteiger partial charge in [0.25, 0.3) is 5.91 Å². The number of carbonyl (C=O) groups excluding carboxylic acids is 1. The maximum absolute atomic E-state index is 12.3. The number of rotatable bonds is 8. The first-order valence-electron chi connectivity index (χ1n) is 8.35. The van der Waals surface area contributed by atoms with Gasteiger partial charge in [-0.15, -0.1) is 0 Å². The fraction of sp³-hybridized carbons (Fsp3) is 0.316. The molecule has 26 heavy (non-hydrogen) atoms. The molecule has 2 rings (SSSR count). The summed E-state index contributed by atoms with van der Waals surface area (Å²) in [5, 5.41) is 13.8. The second-order valence-corrected chi connectivity index (χ2v) is 5.59. The molecular weight excluding hydrogens is 336 g/mol. The Morgan fingerprint density at radius 3 is 2.35 bits per heavy atom. The van der Waals surface area contributed by atoms with E-state index >= 15 is 0 Å². The fourth-order valence-electron chi connectivity index (χ4n) is 2.63. The summed E-state index contributed by atoms with van der Waals surface area (Å²) in [6.45, 7) is 3.86. The summed E-state index contributed by atoms with van der Waals surface area (Å²) < 4.78 is 10.4. The first kappa shape index (κ1) is 19.2. The largest absolute Gasteiger partial charge is 0.490 e. The topological polar surface area (TPSA) is 90.7 Å². The molecule has 0 aromatic heterocycles. The lowest BCUT2D eigenvalue weighted by atomic mass is 10.0. The zero-order valence-corrected chi connectivity index (χ0v) is 15.1. The van der Waals surface area contributed by atoms with Crippen LogP contribution in [0.4, 0.5) is 11.4 Å². The number of carbonyl (C=O) groups is 1. The number of benzene rings is 2. The van der Waals surface area contributed by atoms with E-state index in [4.69, 9.17) is 9.47 Å². The average Bonchev–Trinajstić information content (AvgIpc) is 2.66. The van der Waals surface area contributed by atoms with Gasteiger partial charge in [0.1, 0.15) is 5.75 Å². The predicted octanol–water partition coefficient (Wildman–Crippen LogP) is 3.75. The van der Waals surface area contributed by atoms with Crippen molar-refractivity contribution in [2.75, 3.05) is 19.0 Å². The minimum absolute atomic E-state index is 0.0810. The second kappa shape index (κ2) is 8.84. The highest BCUT2D eigenvalue weighted by Gasteiger charge is 2.16. The number of nitrogens with one attached hydrogen (secondary N) is 1. The third-order valence-electron chi connectivity index (χ3n) is 3.98. The summed E-state index contributed by atoms with van der Waals surface area (Å²) in [6, 6.07) is 10.1. The van der Waals surface area contributed by atoms with Gasteiger partial charge < -0.3 is 14.8 Å². The molecule has 0 spiro atoms. The van der Waals surface area contributed by atoms with Crippen LogP contribution in [0, 0.1) is 10.1 Å². The summed E-state index contributed by atoms with van der Waals surface area (Å²) in [5.74, 6) is 0.109. The molecule has 138 valence electrons. The van der Waals surface area contributed by atoms with Gasteiger partial charge in [-0.1, -0.05) is 32.0 Å². The minimum atomic E-state index is -0.538. The number of para-hydroxylation sites is 1. The standard InChI is InChI=1S/C19H22N2O5/c1-4-13-7-6-8-14(5-2)19(13)20-18(22)12-26-15-9-10-16(21(23)24)17(11-15)25-3/h6-11H,4-5,12H2,1-3H3,(H,20,22). The molecule has 7 nitrogen and oxygen atoms in total. The van der Waals surface area contributed by atoms with Crippen LogP contribution >= 0.6 is 0 Å². The SMILES string of the molecule is CCc1cccc(CC)c1NC(=O)COc1ccc([N+](=O)[O-])c(OC)c1. The third-order valence-corrected chi connectivity index (χ3v) is 3.98. The molecule has 0 saturated carbocycles. The summed E-state index contributed by atoms with van der Waals surface area (Å²) >= 11 is 0. The lowest BCUT2D eigenvalue weighted by molar-refractivity contribution is -0.385. The lowest BCUT2D eigenvalue weighted by Gasteiger charge is -2.15. The molecule has 0 radical (unpaired) electrons. The number of nitrogens with zero attached hydrogens (tertiary/aromatic N) is 1. The molecule has 1 amide bonds. The van der Waals surface area contributed by atoms with Gasteiger partial charge in [0, 0.05) is 17.8 Å². The fourth-order valence-corrected chi connectivity index (χ4v) is 2.63. The van der Waals surface area contributed by atoms with E-state index in [0.717, 1.165) is 29.7 Å². The Morgan fingerprint density at radius 2 is 1.81 bits per heavy atom. The highest BCUT2D eigenvalue weighted by molar-refractivity contribution is 5.93. The summed E-state index contributed by atoms with van der Waals surface area (Å²) in [5.41, 5.74) is 2.80. The molecule has 1 N–H and O–H groups in total. The van der Waals surface area contributed by atoms with Crippen molar-refractivity contribution >= 4 is 17.3 Å².